The molecular formula is C20H26N18O6. The molecule has 0 bridgehead atoms. The number of anilines is 2. The van der Waals surface area contributed by atoms with Gasteiger partial charge in [0, 0.05) is 26.5 Å². The fraction of sp³-hybridized carbons (Fsp3) is 0.100. The normalized spacial score (nSPS) is 9.68. The van der Waals surface area contributed by atoms with Gasteiger partial charge in [-0.25, -0.2) is 48.4 Å². The summed E-state index contributed by atoms with van der Waals surface area (Å²) in [5.74, 6) is -2.03. The number of nitrogens with zero attached hydrogens (tertiary/aromatic N) is 9. The van der Waals surface area contributed by atoms with E-state index in [1.165, 1.54) is 24.3 Å². The number of nitrogens with one attached hydrogen (secondary N) is 4. The van der Waals surface area contributed by atoms with Crippen LogP contribution in [0.25, 0.3) is 5.65 Å². The van der Waals surface area contributed by atoms with E-state index in [4.69, 9.17) is 28.7 Å². The van der Waals surface area contributed by atoms with Crippen molar-refractivity contribution in [3.8, 4) is 0 Å². The minimum absolute atomic E-state index is 0.0521. The number of primary amides is 3. The first-order valence-corrected chi connectivity index (χ1v) is 11.5. The Morgan fingerprint density at radius 3 is 1.93 bits per heavy atom. The lowest BCUT2D eigenvalue weighted by Gasteiger charge is -2.01. The summed E-state index contributed by atoms with van der Waals surface area (Å²) in [6.07, 6.45) is 8.18. The second-order valence-electron chi connectivity index (χ2n) is 7.59. The topological polar surface area (TPSA) is 380 Å². The van der Waals surface area contributed by atoms with Gasteiger partial charge in [-0.3, -0.25) is 19.0 Å². The molecule has 0 saturated carbocycles. The molecule has 44 heavy (non-hydrogen) atoms. The van der Waals surface area contributed by atoms with Crippen molar-refractivity contribution in [1.29, 1.82) is 0 Å². The van der Waals surface area contributed by atoms with Crippen molar-refractivity contribution in [3.63, 3.8) is 0 Å². The molecular weight excluding hydrogens is 588 g/mol. The van der Waals surface area contributed by atoms with E-state index in [2.05, 4.69) is 51.0 Å². The van der Waals surface area contributed by atoms with Crippen molar-refractivity contribution in [1.82, 2.24) is 64.5 Å². The lowest BCUT2D eigenvalue weighted by molar-refractivity contribution is 0.0988. The molecule has 5 aromatic rings. The first-order chi connectivity index (χ1) is 20.8. The van der Waals surface area contributed by atoms with Gasteiger partial charge in [-0.05, 0) is 0 Å². The summed E-state index contributed by atoms with van der Waals surface area (Å²) in [5, 5.41) is 13.6. The molecule has 0 spiro atoms. The second kappa shape index (κ2) is 15.0. The lowest BCUT2D eigenvalue weighted by atomic mass is 10.4. The number of nitrogen functional groups attached to an aromatic ring is 2. The zero-order valence-corrected chi connectivity index (χ0v) is 22.8. The van der Waals surface area contributed by atoms with Crippen molar-refractivity contribution < 1.29 is 24.0 Å². The average molecular weight is 615 g/mol. The number of hydrogen-bond donors (Lipinski definition) is 9. The van der Waals surface area contributed by atoms with Crippen LogP contribution >= 0.6 is 0 Å². The van der Waals surface area contributed by atoms with E-state index in [-0.39, 0.29) is 40.4 Å². The number of carbonyl (C=O) groups excluding carboxylic acids is 5. The minimum atomic E-state index is -0.764. The monoisotopic (exact) mass is 614 g/mol. The Kier molecular flexibility index (Phi) is 11.3. The average Bonchev–Trinajstić information content (AvgIpc) is 3.80. The number of rotatable bonds is 3. The van der Waals surface area contributed by atoms with Crippen LogP contribution in [0.3, 0.4) is 0 Å². The second-order valence-corrected chi connectivity index (χ2v) is 7.59. The SMILES string of the molecule is CNC(=O)n1ccnc1.CNC(=O)n1cnc(C(N)=O)c1N.NC(=O)c1[nH]cnc1N.NC(=O)c1ncn2c(=O)[nH]nnc12. The summed E-state index contributed by atoms with van der Waals surface area (Å²) in [7, 11) is 3.01. The quantitative estimate of drug-likeness (QED) is 0.0931. The fourth-order valence-corrected chi connectivity index (χ4v) is 2.77. The summed E-state index contributed by atoms with van der Waals surface area (Å²) >= 11 is 0. The fourth-order valence-electron chi connectivity index (χ4n) is 2.77. The van der Waals surface area contributed by atoms with Crippen LogP contribution in [0.5, 0.6) is 0 Å². The number of aromatic amines is 2. The van der Waals surface area contributed by atoms with Gasteiger partial charge in [0.2, 0.25) is 0 Å². The van der Waals surface area contributed by atoms with Crippen LogP contribution in [0.2, 0.25) is 0 Å². The lowest BCUT2D eigenvalue weighted by Crippen LogP contribution is -2.25. The van der Waals surface area contributed by atoms with Crippen LogP contribution < -0.4 is 45.0 Å². The van der Waals surface area contributed by atoms with Crippen LogP contribution in [0.15, 0.2) is 42.5 Å². The third-order valence-corrected chi connectivity index (χ3v) is 4.82. The van der Waals surface area contributed by atoms with E-state index < -0.39 is 29.4 Å². The summed E-state index contributed by atoms with van der Waals surface area (Å²) in [6.45, 7) is 0. The number of carbonyl (C=O) groups is 5. The third kappa shape index (κ3) is 8.19. The van der Waals surface area contributed by atoms with Crippen molar-refractivity contribution >= 4 is 47.1 Å². The largest absolute Gasteiger partial charge is 0.383 e. The summed E-state index contributed by atoms with van der Waals surface area (Å²) in [6, 6.07) is -0.648. The Morgan fingerprint density at radius 2 is 1.48 bits per heavy atom. The van der Waals surface area contributed by atoms with Gasteiger partial charge >= 0.3 is 17.8 Å². The Bertz CT molecular complexity index is 1810. The summed E-state index contributed by atoms with van der Waals surface area (Å²) in [5.41, 5.74) is 24.9. The Hall–Kier alpha value is -7.14. The highest BCUT2D eigenvalue weighted by atomic mass is 16.2. The minimum Gasteiger partial charge on any atom is -0.383 e. The van der Waals surface area contributed by atoms with Crippen molar-refractivity contribution in [2.45, 2.75) is 0 Å². The maximum atomic E-state index is 11.0. The van der Waals surface area contributed by atoms with Crippen LogP contribution in [-0.2, 0) is 0 Å². The highest BCUT2D eigenvalue weighted by molar-refractivity contribution is 5.97. The standard InChI is InChI=1S/C6H9N5O2.C5H4N6O2.C5H7N3O.C4H6N4O/c1-9-6(13)11-2-10-3(4(11)7)5(8)12;6-3(12)2-4-8-10-9-5(13)11(4)1-7-2;1-6-5(9)8-3-2-7-4-8;5-3-2(4(6)9)7-1-8-3/h2H,7H2,1H3,(H2,8,12)(H,9,13);1H,(H2,6,12)(H,8,9,13);2-4H,1H3,(H,6,9);1H,5H2,(H2,6,9)(H,7,8). The predicted octanol–water partition coefficient (Wildman–Crippen LogP) is -4.18. The molecule has 5 aromatic heterocycles. The molecule has 24 heteroatoms. The van der Waals surface area contributed by atoms with E-state index in [0.717, 1.165) is 21.6 Å². The molecule has 0 unspecified atom stereocenters. The highest BCUT2D eigenvalue weighted by Gasteiger charge is 2.15. The van der Waals surface area contributed by atoms with Crippen LogP contribution in [-0.4, -0.2) is 97.7 Å². The number of hydrogen-bond acceptors (Lipinski definition) is 14. The van der Waals surface area contributed by atoms with Gasteiger partial charge in [0.1, 0.15) is 30.5 Å². The molecule has 24 nitrogen and oxygen atoms in total. The smallest absolute Gasteiger partial charge is 0.350 e. The molecule has 232 valence electrons. The van der Waals surface area contributed by atoms with E-state index in [9.17, 15) is 28.8 Å². The predicted molar refractivity (Wildman–Crippen MR) is 149 cm³/mol. The van der Waals surface area contributed by atoms with E-state index >= 15 is 0 Å². The molecule has 0 aliphatic carbocycles. The van der Waals surface area contributed by atoms with Gasteiger partial charge < -0.3 is 44.3 Å². The van der Waals surface area contributed by atoms with Gasteiger partial charge in [-0.1, -0.05) is 5.21 Å². The third-order valence-electron chi connectivity index (χ3n) is 4.82. The molecule has 5 rings (SSSR count). The number of fused-ring (bicyclic) bond motifs is 1. The molecule has 5 heterocycles. The van der Waals surface area contributed by atoms with E-state index in [1.807, 2.05) is 0 Å². The maximum absolute atomic E-state index is 11.0. The molecule has 0 aromatic carbocycles. The number of aromatic nitrogens is 11. The Balaban J connectivity index is 0.000000208. The Morgan fingerprint density at radius 1 is 0.841 bits per heavy atom. The van der Waals surface area contributed by atoms with Crippen molar-refractivity contribution in [3.05, 3.63) is 65.3 Å². The zero-order valence-electron chi connectivity index (χ0n) is 22.8. The van der Waals surface area contributed by atoms with Crippen LogP contribution in [0.4, 0.5) is 21.2 Å². The van der Waals surface area contributed by atoms with Gasteiger partial charge in [0.05, 0.1) is 6.33 Å². The molecule has 0 radical (unpaired) electrons. The van der Waals surface area contributed by atoms with Gasteiger partial charge in [0.15, 0.2) is 22.9 Å². The van der Waals surface area contributed by atoms with E-state index in [0.29, 0.717) is 0 Å². The molecule has 0 atom stereocenters. The van der Waals surface area contributed by atoms with Crippen LogP contribution in [0, 0.1) is 0 Å². The number of amides is 5. The first kappa shape index (κ1) is 33.1. The number of nitrogens with two attached hydrogens (primary N) is 5. The highest BCUT2D eigenvalue weighted by Crippen LogP contribution is 2.08. The Labute approximate surface area is 244 Å². The van der Waals surface area contributed by atoms with Gasteiger partial charge in [-0.15, -0.1) is 5.10 Å². The van der Waals surface area contributed by atoms with E-state index in [1.54, 1.807) is 19.4 Å². The van der Waals surface area contributed by atoms with Gasteiger partial charge in [-0.2, -0.15) is 0 Å². The van der Waals surface area contributed by atoms with Gasteiger partial charge in [0.25, 0.3) is 17.7 Å². The van der Waals surface area contributed by atoms with Crippen LogP contribution in [0.1, 0.15) is 31.5 Å². The van der Waals surface area contributed by atoms with Crippen molar-refractivity contribution in [2.24, 2.45) is 17.2 Å². The van der Waals surface area contributed by atoms with Crippen molar-refractivity contribution in [2.75, 3.05) is 25.6 Å². The molecule has 14 N–H and O–H groups in total. The molecule has 0 aliphatic rings. The molecule has 5 amide bonds. The molecule has 0 saturated heterocycles. The molecule has 0 fully saturated rings. The number of imidazole rings is 4. The first-order valence-electron chi connectivity index (χ1n) is 11.5. The summed E-state index contributed by atoms with van der Waals surface area (Å²) in [4.78, 5) is 81.5. The summed E-state index contributed by atoms with van der Waals surface area (Å²) < 4.78 is 3.41. The maximum Gasteiger partial charge on any atom is 0.350 e. The molecule has 0 aliphatic heterocycles. The number of H-pyrrole nitrogens is 2. The zero-order chi connectivity index (χ0) is 33.0.